The number of methoxy groups -OCH3 is 1. The fourth-order valence-electron chi connectivity index (χ4n) is 4.51. The van der Waals surface area contributed by atoms with Gasteiger partial charge < -0.3 is 19.9 Å². The number of carbonyl (C=O) groups excluding carboxylic acids is 1. The van der Waals surface area contributed by atoms with E-state index in [1.54, 1.807) is 19.4 Å². The monoisotopic (exact) mass is 496 g/mol. The third-order valence-corrected chi connectivity index (χ3v) is 6.24. The van der Waals surface area contributed by atoms with Crippen LogP contribution in [0.15, 0.2) is 36.7 Å². The molecule has 1 saturated heterocycles. The highest BCUT2D eigenvalue weighted by atomic mass is 35.5. The number of pyridine rings is 1. The molecule has 0 spiro atoms. The van der Waals surface area contributed by atoms with Crippen LogP contribution >= 0.6 is 24.8 Å². The van der Waals surface area contributed by atoms with Crippen molar-refractivity contribution in [3.63, 3.8) is 0 Å². The number of amides is 1. The quantitative estimate of drug-likeness (QED) is 0.546. The number of piperidine rings is 1. The summed E-state index contributed by atoms with van der Waals surface area (Å²) in [5.74, 6) is -0.115. The number of rotatable bonds is 6. The van der Waals surface area contributed by atoms with Gasteiger partial charge in [-0.3, -0.25) is 9.78 Å². The number of aromatic nitrogens is 2. The first-order valence-electron chi connectivity index (χ1n) is 10.7. The van der Waals surface area contributed by atoms with Gasteiger partial charge in [0, 0.05) is 45.7 Å². The normalized spacial score (nSPS) is 14.1. The highest BCUT2D eigenvalue weighted by Crippen LogP contribution is 2.32. The third kappa shape index (κ3) is 5.49. The number of carbonyl (C=O) groups is 1. The number of fused-ring (bicyclic) bond motifs is 1. The molecule has 0 saturated carbocycles. The van der Waals surface area contributed by atoms with E-state index in [0.717, 1.165) is 35.0 Å². The van der Waals surface area contributed by atoms with Crippen molar-refractivity contribution in [1.82, 2.24) is 14.5 Å². The largest absolute Gasteiger partial charge is 0.383 e. The van der Waals surface area contributed by atoms with Gasteiger partial charge in [0.1, 0.15) is 11.3 Å². The number of nitrogens with two attached hydrogens (primary N) is 1. The standard InChI is InChI=1S/C24H29FN4O2.2ClH/c1-16-5-8-27-22-20(15-29(23(16)22)11-12-31-2)24(30)28-9-6-18(7-10-28)19-13-17(14-26)3-4-21(19)25;;/h3-5,8,13,15,18H,6-7,9-12,14,26H2,1-2H3;2*1H. The van der Waals surface area contributed by atoms with E-state index in [-0.39, 0.29) is 42.5 Å². The van der Waals surface area contributed by atoms with Crippen molar-refractivity contribution >= 4 is 41.8 Å². The summed E-state index contributed by atoms with van der Waals surface area (Å²) in [6.45, 7) is 4.82. The zero-order valence-electron chi connectivity index (χ0n) is 18.9. The molecule has 1 aromatic carbocycles. The van der Waals surface area contributed by atoms with E-state index in [4.69, 9.17) is 10.5 Å². The van der Waals surface area contributed by atoms with Crippen molar-refractivity contribution in [1.29, 1.82) is 0 Å². The first-order chi connectivity index (χ1) is 15.0. The number of benzene rings is 1. The summed E-state index contributed by atoms with van der Waals surface area (Å²) in [7, 11) is 1.67. The fraction of sp³-hybridized carbons (Fsp3) is 0.417. The average Bonchev–Trinajstić information content (AvgIpc) is 3.17. The van der Waals surface area contributed by atoms with E-state index in [2.05, 4.69) is 9.55 Å². The second-order valence-electron chi connectivity index (χ2n) is 8.18. The second kappa shape index (κ2) is 11.8. The molecule has 0 unspecified atom stereocenters. The van der Waals surface area contributed by atoms with Crippen molar-refractivity contribution in [2.24, 2.45) is 5.73 Å². The van der Waals surface area contributed by atoms with Gasteiger partial charge in [-0.2, -0.15) is 0 Å². The first kappa shape index (κ1) is 27.1. The molecule has 3 aromatic rings. The Kier molecular flexibility index (Phi) is 9.67. The van der Waals surface area contributed by atoms with E-state index in [1.807, 2.05) is 30.2 Å². The minimum Gasteiger partial charge on any atom is -0.383 e. The molecule has 2 N–H and O–H groups in total. The van der Waals surface area contributed by atoms with Crippen LogP contribution in [0.5, 0.6) is 0 Å². The summed E-state index contributed by atoms with van der Waals surface area (Å²) in [6, 6.07) is 7.05. The summed E-state index contributed by atoms with van der Waals surface area (Å²) >= 11 is 0. The Morgan fingerprint density at radius 3 is 2.64 bits per heavy atom. The SMILES string of the molecule is COCCn1cc(C(=O)N2CCC(c3cc(CN)ccc3F)CC2)c2nccc(C)c21.Cl.Cl. The lowest BCUT2D eigenvalue weighted by molar-refractivity contribution is 0.0713. The fourth-order valence-corrected chi connectivity index (χ4v) is 4.51. The average molecular weight is 497 g/mol. The Morgan fingerprint density at radius 1 is 1.24 bits per heavy atom. The van der Waals surface area contributed by atoms with E-state index in [0.29, 0.717) is 43.9 Å². The summed E-state index contributed by atoms with van der Waals surface area (Å²) in [5, 5.41) is 0. The molecule has 6 nitrogen and oxygen atoms in total. The Labute approximate surface area is 206 Å². The molecule has 9 heteroatoms. The molecule has 1 fully saturated rings. The highest BCUT2D eigenvalue weighted by Gasteiger charge is 2.28. The molecular formula is C24H31Cl2FN4O2. The number of ether oxygens (including phenoxy) is 1. The van der Waals surface area contributed by atoms with Crippen LogP contribution in [0.4, 0.5) is 4.39 Å². The predicted octanol–water partition coefficient (Wildman–Crippen LogP) is 4.45. The van der Waals surface area contributed by atoms with Gasteiger partial charge in [0.25, 0.3) is 5.91 Å². The molecule has 33 heavy (non-hydrogen) atoms. The highest BCUT2D eigenvalue weighted by molar-refractivity contribution is 6.06. The van der Waals surface area contributed by atoms with Gasteiger partial charge in [-0.15, -0.1) is 24.8 Å². The van der Waals surface area contributed by atoms with Gasteiger partial charge in [0.2, 0.25) is 0 Å². The summed E-state index contributed by atoms with van der Waals surface area (Å²) in [5.41, 5.74) is 10.8. The van der Waals surface area contributed by atoms with Crippen molar-refractivity contribution in [2.45, 2.75) is 38.8 Å². The molecule has 0 radical (unpaired) electrons. The number of hydrogen-bond acceptors (Lipinski definition) is 4. The topological polar surface area (TPSA) is 73.4 Å². The van der Waals surface area contributed by atoms with Crippen molar-refractivity contribution in [3.05, 3.63) is 64.7 Å². The summed E-state index contributed by atoms with van der Waals surface area (Å²) < 4.78 is 21.7. The molecule has 0 aliphatic carbocycles. The van der Waals surface area contributed by atoms with E-state index >= 15 is 0 Å². The molecule has 3 heterocycles. The lowest BCUT2D eigenvalue weighted by atomic mass is 9.88. The molecule has 1 aliphatic rings. The van der Waals surface area contributed by atoms with Crippen LogP contribution in [0.1, 0.15) is 45.8 Å². The number of hydrogen-bond donors (Lipinski definition) is 1. The van der Waals surface area contributed by atoms with Gasteiger partial charge >= 0.3 is 0 Å². The number of halogens is 3. The van der Waals surface area contributed by atoms with Gasteiger partial charge in [0.05, 0.1) is 17.7 Å². The number of nitrogens with zero attached hydrogens (tertiary/aromatic N) is 3. The maximum Gasteiger partial charge on any atom is 0.257 e. The summed E-state index contributed by atoms with van der Waals surface area (Å²) in [6.07, 6.45) is 5.09. The van der Waals surface area contributed by atoms with E-state index < -0.39 is 0 Å². The zero-order chi connectivity index (χ0) is 22.0. The lowest BCUT2D eigenvalue weighted by Gasteiger charge is -2.32. The zero-order valence-corrected chi connectivity index (χ0v) is 20.6. The maximum atomic E-state index is 14.4. The predicted molar refractivity (Wildman–Crippen MR) is 133 cm³/mol. The van der Waals surface area contributed by atoms with Gasteiger partial charge in [-0.05, 0) is 54.5 Å². The van der Waals surface area contributed by atoms with Crippen LogP contribution in [0, 0.1) is 12.7 Å². The van der Waals surface area contributed by atoms with Gasteiger partial charge in [-0.25, -0.2) is 4.39 Å². The Bertz CT molecular complexity index is 1100. The minimum absolute atomic E-state index is 0. The second-order valence-corrected chi connectivity index (χ2v) is 8.18. The maximum absolute atomic E-state index is 14.4. The van der Waals surface area contributed by atoms with Crippen LogP contribution in [-0.2, 0) is 17.8 Å². The van der Waals surface area contributed by atoms with Gasteiger partial charge in [0.15, 0.2) is 0 Å². The summed E-state index contributed by atoms with van der Waals surface area (Å²) in [4.78, 5) is 19.7. The van der Waals surface area contributed by atoms with E-state index in [1.165, 1.54) is 6.07 Å². The van der Waals surface area contributed by atoms with Crippen molar-refractivity contribution in [2.75, 3.05) is 26.8 Å². The van der Waals surface area contributed by atoms with Gasteiger partial charge in [-0.1, -0.05) is 12.1 Å². The Hall–Kier alpha value is -2.19. The molecule has 2 aromatic heterocycles. The molecule has 1 aliphatic heterocycles. The molecule has 4 rings (SSSR count). The minimum atomic E-state index is -0.192. The third-order valence-electron chi connectivity index (χ3n) is 6.24. The number of likely N-dealkylation sites (tertiary alicyclic amines) is 1. The van der Waals surface area contributed by atoms with Crippen LogP contribution in [0.2, 0.25) is 0 Å². The molecule has 180 valence electrons. The molecule has 0 bridgehead atoms. The van der Waals surface area contributed by atoms with Crippen LogP contribution in [0.3, 0.4) is 0 Å². The van der Waals surface area contributed by atoms with Crippen molar-refractivity contribution < 1.29 is 13.9 Å². The first-order valence-corrected chi connectivity index (χ1v) is 10.7. The Morgan fingerprint density at radius 2 is 1.97 bits per heavy atom. The van der Waals surface area contributed by atoms with Crippen LogP contribution in [0.25, 0.3) is 11.0 Å². The molecule has 0 atom stereocenters. The lowest BCUT2D eigenvalue weighted by Crippen LogP contribution is -2.38. The Balaban J connectivity index is 0.00000193. The van der Waals surface area contributed by atoms with E-state index in [9.17, 15) is 9.18 Å². The van der Waals surface area contributed by atoms with Crippen LogP contribution in [-0.4, -0.2) is 47.2 Å². The smallest absolute Gasteiger partial charge is 0.257 e. The van der Waals surface area contributed by atoms with Crippen LogP contribution < -0.4 is 5.73 Å². The molecule has 1 amide bonds. The molecular weight excluding hydrogens is 466 g/mol. The number of aryl methyl sites for hydroxylation is 1. The van der Waals surface area contributed by atoms with Crippen molar-refractivity contribution in [3.8, 4) is 0 Å².